The van der Waals surface area contributed by atoms with Crippen LogP contribution in [0.25, 0.3) is 0 Å². The number of benzene rings is 1. The molecule has 3 rings (SSSR count). The zero-order valence-corrected chi connectivity index (χ0v) is 21.3. The van der Waals surface area contributed by atoms with Crippen molar-refractivity contribution < 1.29 is 33.0 Å². The number of aliphatic hydroxyl groups excluding tert-OH is 2. The van der Waals surface area contributed by atoms with Crippen molar-refractivity contribution in [3.05, 3.63) is 35.5 Å². The van der Waals surface area contributed by atoms with Gasteiger partial charge in [0.1, 0.15) is 10.6 Å². The topological polar surface area (TPSA) is 136 Å². The Morgan fingerprint density at radius 3 is 2.51 bits per heavy atom. The molecule has 2 aliphatic rings. The van der Waals surface area contributed by atoms with Crippen molar-refractivity contribution in [1.29, 1.82) is 0 Å². The fourth-order valence-corrected chi connectivity index (χ4v) is 6.55. The van der Waals surface area contributed by atoms with Gasteiger partial charge >= 0.3 is 5.97 Å². The number of aliphatic hydroxyl groups is 2. The summed E-state index contributed by atoms with van der Waals surface area (Å²) in [5.74, 6) is -0.724. The molecule has 1 unspecified atom stereocenters. The van der Waals surface area contributed by atoms with Gasteiger partial charge in [-0.3, -0.25) is 4.79 Å². The number of hydrogen-bond donors (Lipinski definition) is 3. The molecule has 1 atom stereocenters. The Morgan fingerprint density at radius 2 is 1.91 bits per heavy atom. The van der Waals surface area contributed by atoms with Gasteiger partial charge < -0.3 is 25.2 Å². The number of hydrogen-bond acceptors (Lipinski definition) is 8. The fourth-order valence-electron chi connectivity index (χ4n) is 4.64. The minimum Gasteiger partial charge on any atom is -0.466 e. The van der Waals surface area contributed by atoms with E-state index in [0.717, 1.165) is 12.8 Å². The standard InChI is InChI=1S/C24H35N3O7S/c1-16-8-10-18(11-9-16)27(14-17(2)29)35(32,33)21-7-5-4-6-20(21)25-22-19(24(31)34-3)15-26(12-13-28)23(22)30/h4-7,16-18,25,28-29H,8-15H2,1-3H3. The third-order valence-corrected chi connectivity index (χ3v) is 8.50. The molecule has 0 bridgehead atoms. The Hall–Kier alpha value is -2.47. The first kappa shape index (κ1) is 27.1. The summed E-state index contributed by atoms with van der Waals surface area (Å²) >= 11 is 0. The van der Waals surface area contributed by atoms with Crippen LogP contribution in [0.1, 0.15) is 39.5 Å². The van der Waals surface area contributed by atoms with Crippen LogP contribution in [-0.2, 0) is 24.3 Å². The predicted octanol–water partition coefficient (Wildman–Crippen LogP) is 1.31. The van der Waals surface area contributed by atoms with Crippen molar-refractivity contribution in [2.75, 3.05) is 38.7 Å². The Balaban J connectivity index is 2.00. The van der Waals surface area contributed by atoms with Crippen LogP contribution in [-0.4, -0.2) is 85.2 Å². The summed E-state index contributed by atoms with van der Waals surface area (Å²) in [5, 5.41) is 22.2. The summed E-state index contributed by atoms with van der Waals surface area (Å²) in [5.41, 5.74) is 0.115. The fraction of sp³-hybridized carbons (Fsp3) is 0.583. The highest BCUT2D eigenvalue weighted by atomic mass is 32.2. The number of carbonyl (C=O) groups is 2. The smallest absolute Gasteiger partial charge is 0.337 e. The van der Waals surface area contributed by atoms with Gasteiger partial charge in [0.25, 0.3) is 5.91 Å². The maximum Gasteiger partial charge on any atom is 0.337 e. The molecule has 0 spiro atoms. The van der Waals surface area contributed by atoms with Crippen LogP contribution >= 0.6 is 0 Å². The van der Waals surface area contributed by atoms with E-state index in [1.807, 2.05) is 0 Å². The van der Waals surface area contributed by atoms with Gasteiger partial charge in [-0.15, -0.1) is 0 Å². The van der Waals surface area contributed by atoms with Crippen LogP contribution in [0.4, 0.5) is 5.69 Å². The lowest BCUT2D eigenvalue weighted by molar-refractivity contribution is -0.136. The average Bonchev–Trinajstić information content (AvgIpc) is 3.13. The summed E-state index contributed by atoms with van der Waals surface area (Å²) < 4.78 is 34.0. The van der Waals surface area contributed by atoms with Gasteiger partial charge in [-0.2, -0.15) is 4.31 Å². The Morgan fingerprint density at radius 1 is 1.26 bits per heavy atom. The molecule has 35 heavy (non-hydrogen) atoms. The average molecular weight is 510 g/mol. The number of nitrogens with one attached hydrogen (secondary N) is 1. The van der Waals surface area contributed by atoms with Crippen molar-refractivity contribution in [2.24, 2.45) is 5.92 Å². The minimum atomic E-state index is -4.06. The van der Waals surface area contributed by atoms with Gasteiger partial charge in [0.15, 0.2) is 0 Å². The number of esters is 1. The molecule has 1 saturated carbocycles. The van der Waals surface area contributed by atoms with Crippen LogP contribution < -0.4 is 5.32 Å². The van der Waals surface area contributed by atoms with Gasteiger partial charge in [0, 0.05) is 19.1 Å². The number of carbonyl (C=O) groups excluding carboxylic acids is 2. The molecule has 0 radical (unpaired) electrons. The molecule has 0 aromatic heterocycles. The maximum atomic E-state index is 13.9. The second kappa shape index (κ2) is 11.5. The zero-order chi connectivity index (χ0) is 25.8. The van der Waals surface area contributed by atoms with Gasteiger partial charge in [0.05, 0.1) is 37.6 Å². The van der Waals surface area contributed by atoms with Crippen molar-refractivity contribution in [3.63, 3.8) is 0 Å². The molecule has 1 aromatic rings. The van der Waals surface area contributed by atoms with E-state index in [0.29, 0.717) is 18.8 Å². The Kier molecular flexibility index (Phi) is 8.92. The van der Waals surface area contributed by atoms with E-state index in [2.05, 4.69) is 12.2 Å². The number of nitrogens with zero attached hydrogens (tertiary/aromatic N) is 2. The lowest BCUT2D eigenvalue weighted by Crippen LogP contribution is -2.45. The highest BCUT2D eigenvalue weighted by molar-refractivity contribution is 7.89. The van der Waals surface area contributed by atoms with E-state index in [1.54, 1.807) is 19.1 Å². The quantitative estimate of drug-likeness (QED) is 0.402. The van der Waals surface area contributed by atoms with E-state index in [4.69, 9.17) is 4.74 Å². The molecule has 1 aromatic carbocycles. The molecule has 11 heteroatoms. The number of methoxy groups -OCH3 is 1. The lowest BCUT2D eigenvalue weighted by atomic mass is 9.87. The molecule has 1 fully saturated rings. The highest BCUT2D eigenvalue weighted by Gasteiger charge is 2.38. The summed E-state index contributed by atoms with van der Waals surface area (Å²) in [6.45, 7) is 3.33. The lowest BCUT2D eigenvalue weighted by Gasteiger charge is -2.36. The third kappa shape index (κ3) is 6.03. The number of β-amino-alcohol motifs (C(OH)–C–C–N with tert-alkyl or cyclic N) is 1. The summed E-state index contributed by atoms with van der Waals surface area (Å²) in [6.07, 6.45) is 2.35. The summed E-state index contributed by atoms with van der Waals surface area (Å²) in [6, 6.07) is 5.95. The van der Waals surface area contributed by atoms with Crippen molar-refractivity contribution in [2.45, 2.75) is 56.6 Å². The summed E-state index contributed by atoms with van der Waals surface area (Å²) in [4.78, 5) is 26.5. The molecular weight excluding hydrogens is 474 g/mol. The number of anilines is 1. The van der Waals surface area contributed by atoms with E-state index in [-0.39, 0.29) is 54.1 Å². The summed E-state index contributed by atoms with van der Waals surface area (Å²) in [7, 11) is -2.86. The molecule has 10 nitrogen and oxygen atoms in total. The van der Waals surface area contributed by atoms with Gasteiger partial charge in [-0.25, -0.2) is 13.2 Å². The second-order valence-electron chi connectivity index (χ2n) is 9.25. The van der Waals surface area contributed by atoms with Gasteiger partial charge in [0.2, 0.25) is 10.0 Å². The molecule has 1 amide bonds. The molecule has 1 aliphatic carbocycles. The van der Waals surface area contributed by atoms with E-state index in [1.165, 1.54) is 28.4 Å². The number of sulfonamides is 1. The van der Waals surface area contributed by atoms with Crippen LogP contribution in [0.5, 0.6) is 0 Å². The van der Waals surface area contributed by atoms with Gasteiger partial charge in [-0.05, 0) is 50.7 Å². The largest absolute Gasteiger partial charge is 0.466 e. The second-order valence-corrected chi connectivity index (χ2v) is 11.1. The van der Waals surface area contributed by atoms with Crippen molar-refractivity contribution in [1.82, 2.24) is 9.21 Å². The van der Waals surface area contributed by atoms with Crippen LogP contribution in [0, 0.1) is 5.92 Å². The molecule has 1 aliphatic heterocycles. The van der Waals surface area contributed by atoms with E-state index >= 15 is 0 Å². The normalized spacial score (nSPS) is 22.0. The maximum absolute atomic E-state index is 13.9. The van der Waals surface area contributed by atoms with Crippen molar-refractivity contribution >= 4 is 27.6 Å². The first-order chi connectivity index (χ1) is 16.6. The minimum absolute atomic E-state index is 0.0206. The van der Waals surface area contributed by atoms with Crippen LogP contribution in [0.2, 0.25) is 0 Å². The number of para-hydroxylation sites is 1. The monoisotopic (exact) mass is 509 g/mol. The molecule has 0 saturated heterocycles. The van der Waals surface area contributed by atoms with Crippen LogP contribution in [0.3, 0.4) is 0 Å². The number of amides is 1. The van der Waals surface area contributed by atoms with Gasteiger partial charge in [-0.1, -0.05) is 19.1 Å². The first-order valence-electron chi connectivity index (χ1n) is 11.9. The zero-order valence-electron chi connectivity index (χ0n) is 20.4. The third-order valence-electron chi connectivity index (χ3n) is 6.52. The molecular formula is C24H35N3O7S. The van der Waals surface area contributed by atoms with E-state index in [9.17, 15) is 28.2 Å². The SMILES string of the molecule is COC(=O)C1=C(Nc2ccccc2S(=O)(=O)N(CC(C)O)C2CCC(C)CC2)C(=O)N(CCO)C1. The Bertz CT molecular complexity index is 1060. The first-order valence-corrected chi connectivity index (χ1v) is 13.3. The molecule has 3 N–H and O–H groups in total. The molecule has 194 valence electrons. The highest BCUT2D eigenvalue weighted by Crippen LogP contribution is 2.34. The Labute approximate surface area is 206 Å². The molecule has 1 heterocycles. The van der Waals surface area contributed by atoms with Crippen LogP contribution in [0.15, 0.2) is 40.4 Å². The number of ether oxygens (including phenoxy) is 1. The number of rotatable bonds is 10. The van der Waals surface area contributed by atoms with E-state index < -0.39 is 28.0 Å². The van der Waals surface area contributed by atoms with Crippen molar-refractivity contribution in [3.8, 4) is 0 Å². The predicted molar refractivity (Wildman–Crippen MR) is 130 cm³/mol.